The summed E-state index contributed by atoms with van der Waals surface area (Å²) in [4.78, 5) is 26.6. The molecular formula is C16H24N2O3. The van der Waals surface area contributed by atoms with E-state index in [4.69, 9.17) is 4.74 Å². The zero-order valence-electron chi connectivity index (χ0n) is 12.4. The van der Waals surface area contributed by atoms with Crippen LogP contribution in [0.1, 0.15) is 44.9 Å². The van der Waals surface area contributed by atoms with Gasteiger partial charge in [-0.25, -0.2) is 0 Å². The van der Waals surface area contributed by atoms with Crippen LogP contribution in [0.2, 0.25) is 0 Å². The number of carbonyl (C=O) groups is 2. The number of hydrogen-bond acceptors (Lipinski definition) is 3. The number of rotatable bonds is 3. The van der Waals surface area contributed by atoms with Gasteiger partial charge in [0.2, 0.25) is 11.8 Å². The highest BCUT2D eigenvalue weighted by atomic mass is 16.5. The molecule has 1 N–H and O–H groups in total. The fraction of sp³-hybridized carbons (Fsp3) is 0.875. The van der Waals surface area contributed by atoms with Gasteiger partial charge in [-0.3, -0.25) is 9.59 Å². The molecule has 3 heterocycles. The van der Waals surface area contributed by atoms with Gasteiger partial charge in [0.05, 0.1) is 24.2 Å². The highest BCUT2D eigenvalue weighted by Gasteiger charge is 2.42. The van der Waals surface area contributed by atoms with E-state index in [1.165, 1.54) is 0 Å². The van der Waals surface area contributed by atoms with Crippen molar-refractivity contribution < 1.29 is 14.3 Å². The minimum atomic E-state index is -0.0272. The van der Waals surface area contributed by atoms with Crippen LogP contribution in [-0.4, -0.2) is 48.1 Å². The van der Waals surface area contributed by atoms with E-state index < -0.39 is 0 Å². The van der Waals surface area contributed by atoms with Crippen LogP contribution in [0.15, 0.2) is 0 Å². The second kappa shape index (κ2) is 5.27. The van der Waals surface area contributed by atoms with Crippen molar-refractivity contribution in [3.8, 4) is 0 Å². The number of piperidine rings is 1. The SMILES string of the molecule is O=C(NC1CC2CCC1O2)C1CCCN(C(=O)C2CC2)C1. The number of nitrogens with zero attached hydrogens (tertiary/aromatic N) is 1. The van der Waals surface area contributed by atoms with Crippen molar-refractivity contribution in [1.29, 1.82) is 0 Å². The summed E-state index contributed by atoms with van der Waals surface area (Å²) in [5, 5.41) is 3.18. The number of fused-ring (bicyclic) bond motifs is 2. The average Bonchev–Trinajstić information content (AvgIpc) is 3.16. The molecule has 0 radical (unpaired) electrons. The van der Waals surface area contributed by atoms with Gasteiger partial charge in [-0.15, -0.1) is 0 Å². The number of nitrogens with one attached hydrogen (secondary N) is 1. The van der Waals surface area contributed by atoms with E-state index in [-0.39, 0.29) is 35.8 Å². The summed E-state index contributed by atoms with van der Waals surface area (Å²) in [7, 11) is 0. The van der Waals surface area contributed by atoms with Crippen LogP contribution < -0.4 is 5.32 Å². The van der Waals surface area contributed by atoms with E-state index in [9.17, 15) is 9.59 Å². The third-order valence-electron chi connectivity index (χ3n) is 5.46. The Hall–Kier alpha value is -1.10. The number of hydrogen-bond donors (Lipinski definition) is 1. The normalized spacial score (nSPS) is 38.6. The van der Waals surface area contributed by atoms with Gasteiger partial charge in [0.1, 0.15) is 0 Å². The minimum absolute atomic E-state index is 0.0272. The van der Waals surface area contributed by atoms with Crippen molar-refractivity contribution in [1.82, 2.24) is 10.2 Å². The number of likely N-dealkylation sites (tertiary alicyclic amines) is 1. The lowest BCUT2D eigenvalue weighted by Crippen LogP contribution is -2.49. The van der Waals surface area contributed by atoms with Crippen LogP contribution in [0.3, 0.4) is 0 Å². The second-order valence-electron chi connectivity index (χ2n) is 7.12. The van der Waals surface area contributed by atoms with Crippen molar-refractivity contribution >= 4 is 11.8 Å². The molecule has 2 bridgehead atoms. The minimum Gasteiger partial charge on any atom is -0.373 e. The van der Waals surface area contributed by atoms with Crippen molar-refractivity contribution in [3.05, 3.63) is 0 Å². The molecule has 4 fully saturated rings. The summed E-state index contributed by atoms with van der Waals surface area (Å²) < 4.78 is 5.79. The van der Waals surface area contributed by atoms with Gasteiger partial charge in [0.15, 0.2) is 0 Å². The van der Waals surface area contributed by atoms with Crippen LogP contribution in [-0.2, 0) is 14.3 Å². The molecule has 4 aliphatic rings. The molecule has 1 aliphatic carbocycles. The van der Waals surface area contributed by atoms with Crippen molar-refractivity contribution in [3.63, 3.8) is 0 Å². The molecule has 4 atom stereocenters. The Morgan fingerprint density at radius 1 is 1.05 bits per heavy atom. The molecule has 3 saturated heterocycles. The lowest BCUT2D eigenvalue weighted by Gasteiger charge is -2.33. The molecule has 116 valence electrons. The maximum absolute atomic E-state index is 12.5. The number of ether oxygens (including phenoxy) is 1. The maximum Gasteiger partial charge on any atom is 0.225 e. The fourth-order valence-corrected chi connectivity index (χ4v) is 4.07. The van der Waals surface area contributed by atoms with Gasteiger partial charge >= 0.3 is 0 Å². The van der Waals surface area contributed by atoms with Gasteiger partial charge < -0.3 is 15.0 Å². The summed E-state index contributed by atoms with van der Waals surface area (Å²) in [6.07, 6.45) is 7.70. The molecule has 3 aliphatic heterocycles. The first-order valence-corrected chi connectivity index (χ1v) is 8.45. The third kappa shape index (κ3) is 2.68. The van der Waals surface area contributed by atoms with Gasteiger partial charge in [0, 0.05) is 19.0 Å². The highest BCUT2D eigenvalue weighted by Crippen LogP contribution is 2.35. The van der Waals surface area contributed by atoms with E-state index in [0.717, 1.165) is 51.5 Å². The molecule has 4 rings (SSSR count). The van der Waals surface area contributed by atoms with E-state index >= 15 is 0 Å². The first kappa shape index (κ1) is 13.6. The first-order chi connectivity index (χ1) is 10.2. The summed E-state index contributed by atoms with van der Waals surface area (Å²) in [5.41, 5.74) is 0. The largest absolute Gasteiger partial charge is 0.373 e. The summed E-state index contributed by atoms with van der Waals surface area (Å²) in [5.74, 6) is 0.631. The van der Waals surface area contributed by atoms with Gasteiger partial charge in [0.25, 0.3) is 0 Å². The Bertz CT molecular complexity index is 449. The van der Waals surface area contributed by atoms with Crippen molar-refractivity contribution in [2.75, 3.05) is 13.1 Å². The summed E-state index contributed by atoms with van der Waals surface area (Å²) in [6.45, 7) is 1.44. The molecule has 0 aromatic carbocycles. The number of amides is 2. The zero-order valence-corrected chi connectivity index (χ0v) is 12.4. The molecule has 5 nitrogen and oxygen atoms in total. The van der Waals surface area contributed by atoms with Gasteiger partial charge in [-0.1, -0.05) is 0 Å². The molecule has 21 heavy (non-hydrogen) atoms. The van der Waals surface area contributed by atoms with E-state index in [2.05, 4.69) is 5.32 Å². The molecule has 5 heteroatoms. The topological polar surface area (TPSA) is 58.6 Å². The van der Waals surface area contributed by atoms with E-state index in [1.54, 1.807) is 0 Å². The molecule has 0 spiro atoms. The Morgan fingerprint density at radius 2 is 1.90 bits per heavy atom. The van der Waals surface area contributed by atoms with Crippen LogP contribution in [0, 0.1) is 11.8 Å². The molecule has 2 amide bonds. The molecule has 0 aromatic heterocycles. The standard InChI is InChI=1S/C16H24N2O3/c19-15(17-13-8-12-5-6-14(13)21-12)11-2-1-7-18(9-11)16(20)10-3-4-10/h10-14H,1-9H2,(H,17,19). The lowest BCUT2D eigenvalue weighted by molar-refractivity contribution is -0.137. The quantitative estimate of drug-likeness (QED) is 0.846. The molecule has 1 saturated carbocycles. The van der Waals surface area contributed by atoms with Crippen molar-refractivity contribution in [2.24, 2.45) is 11.8 Å². The van der Waals surface area contributed by atoms with Crippen LogP contribution in [0.25, 0.3) is 0 Å². The predicted molar refractivity (Wildman–Crippen MR) is 76.5 cm³/mol. The van der Waals surface area contributed by atoms with E-state index in [1.807, 2.05) is 4.90 Å². The predicted octanol–water partition coefficient (Wildman–Crippen LogP) is 1.07. The fourth-order valence-electron chi connectivity index (χ4n) is 4.07. The smallest absolute Gasteiger partial charge is 0.225 e. The molecule has 0 aromatic rings. The van der Waals surface area contributed by atoms with Gasteiger partial charge in [-0.05, 0) is 44.9 Å². The Morgan fingerprint density at radius 3 is 2.57 bits per heavy atom. The monoisotopic (exact) mass is 292 g/mol. The molecular weight excluding hydrogens is 268 g/mol. The van der Waals surface area contributed by atoms with Gasteiger partial charge in [-0.2, -0.15) is 0 Å². The Kier molecular flexibility index (Phi) is 3.40. The van der Waals surface area contributed by atoms with Crippen molar-refractivity contribution in [2.45, 2.75) is 63.2 Å². The average molecular weight is 292 g/mol. The first-order valence-electron chi connectivity index (χ1n) is 8.45. The third-order valence-corrected chi connectivity index (χ3v) is 5.46. The van der Waals surface area contributed by atoms with Crippen LogP contribution >= 0.6 is 0 Å². The van der Waals surface area contributed by atoms with E-state index in [0.29, 0.717) is 12.6 Å². The molecule has 4 unspecified atom stereocenters. The van der Waals surface area contributed by atoms with Crippen LogP contribution in [0.5, 0.6) is 0 Å². The maximum atomic E-state index is 12.5. The highest BCUT2D eigenvalue weighted by molar-refractivity contribution is 5.83. The number of carbonyl (C=O) groups excluding carboxylic acids is 2. The second-order valence-corrected chi connectivity index (χ2v) is 7.12. The Balaban J connectivity index is 1.32. The summed E-state index contributed by atoms with van der Waals surface area (Å²) in [6, 6.07) is 0.200. The Labute approximate surface area is 125 Å². The van der Waals surface area contributed by atoms with Crippen LogP contribution in [0.4, 0.5) is 0 Å². The lowest BCUT2D eigenvalue weighted by atomic mass is 9.93. The zero-order chi connectivity index (χ0) is 14.4. The summed E-state index contributed by atoms with van der Waals surface area (Å²) >= 11 is 0.